The smallest absolute Gasteiger partial charge is 0.249 e. The molecular weight excluding hydrogens is 300 g/mol. The number of hydrogen-bond donors (Lipinski definition) is 1. The fraction of sp³-hybridized carbons (Fsp3) is 0.571. The Morgan fingerprint density at radius 2 is 2.32 bits per heavy atom. The topological polar surface area (TPSA) is 75.9 Å². The highest BCUT2D eigenvalue weighted by Crippen LogP contribution is 2.24. The highest BCUT2D eigenvalue weighted by atomic mass is 32.1. The van der Waals surface area contributed by atoms with Crippen molar-refractivity contribution in [3.8, 4) is 0 Å². The Labute approximate surface area is 133 Å². The molecule has 8 heteroatoms. The van der Waals surface area contributed by atoms with Gasteiger partial charge in [-0.1, -0.05) is 13.8 Å². The van der Waals surface area contributed by atoms with Crippen LogP contribution < -0.4 is 10.2 Å². The SMILES string of the molecule is CC(C)Cc1nsc(NC2CCN(c3cnn(C)c3)C2=O)n1. The fourth-order valence-electron chi connectivity index (χ4n) is 2.53. The van der Waals surface area contributed by atoms with E-state index in [1.807, 2.05) is 13.2 Å². The minimum Gasteiger partial charge on any atom is -0.348 e. The average molecular weight is 320 g/mol. The Kier molecular flexibility index (Phi) is 4.10. The predicted molar refractivity (Wildman–Crippen MR) is 86.0 cm³/mol. The molecule has 3 rings (SSSR count). The maximum absolute atomic E-state index is 12.5. The first-order valence-corrected chi connectivity index (χ1v) is 8.19. The van der Waals surface area contributed by atoms with Crippen molar-refractivity contribution in [1.29, 1.82) is 0 Å². The monoisotopic (exact) mass is 320 g/mol. The summed E-state index contributed by atoms with van der Waals surface area (Å²) in [5, 5.41) is 8.06. The number of aromatic nitrogens is 4. The van der Waals surface area contributed by atoms with E-state index < -0.39 is 0 Å². The number of nitrogens with zero attached hydrogens (tertiary/aromatic N) is 5. The maximum atomic E-state index is 12.5. The molecule has 0 bridgehead atoms. The molecule has 0 spiro atoms. The zero-order chi connectivity index (χ0) is 15.7. The van der Waals surface area contributed by atoms with Crippen LogP contribution in [0.25, 0.3) is 0 Å². The van der Waals surface area contributed by atoms with Crippen molar-refractivity contribution in [2.75, 3.05) is 16.8 Å². The second-order valence-electron chi connectivity index (χ2n) is 5.96. The molecule has 0 saturated carbocycles. The summed E-state index contributed by atoms with van der Waals surface area (Å²) in [6.07, 6.45) is 5.18. The molecule has 1 aliphatic heterocycles. The van der Waals surface area contributed by atoms with Crippen LogP contribution in [0.3, 0.4) is 0 Å². The van der Waals surface area contributed by atoms with Gasteiger partial charge in [0.15, 0.2) is 0 Å². The van der Waals surface area contributed by atoms with E-state index in [9.17, 15) is 4.79 Å². The lowest BCUT2D eigenvalue weighted by Crippen LogP contribution is -2.33. The highest BCUT2D eigenvalue weighted by molar-refractivity contribution is 7.09. The third kappa shape index (κ3) is 3.11. The molecule has 0 aromatic carbocycles. The van der Waals surface area contributed by atoms with E-state index in [4.69, 9.17) is 0 Å². The zero-order valence-corrected chi connectivity index (χ0v) is 13.8. The first-order valence-electron chi connectivity index (χ1n) is 7.42. The van der Waals surface area contributed by atoms with E-state index >= 15 is 0 Å². The van der Waals surface area contributed by atoms with Gasteiger partial charge in [-0.05, 0) is 12.3 Å². The fourth-order valence-corrected chi connectivity index (χ4v) is 3.18. The van der Waals surface area contributed by atoms with Crippen LogP contribution in [0.1, 0.15) is 26.1 Å². The lowest BCUT2D eigenvalue weighted by atomic mass is 10.1. The minimum atomic E-state index is -0.236. The Morgan fingerprint density at radius 1 is 1.50 bits per heavy atom. The summed E-state index contributed by atoms with van der Waals surface area (Å²) >= 11 is 1.32. The van der Waals surface area contributed by atoms with Crippen molar-refractivity contribution in [1.82, 2.24) is 19.1 Å². The molecule has 118 valence electrons. The number of carbonyl (C=O) groups excluding carboxylic acids is 1. The lowest BCUT2D eigenvalue weighted by Gasteiger charge is -2.14. The first kappa shape index (κ1) is 15.0. The molecule has 1 fully saturated rings. The van der Waals surface area contributed by atoms with Gasteiger partial charge in [0.25, 0.3) is 0 Å². The molecule has 3 heterocycles. The average Bonchev–Trinajstić information content (AvgIpc) is 3.13. The molecule has 1 aliphatic rings. The van der Waals surface area contributed by atoms with Gasteiger partial charge in [-0.15, -0.1) is 0 Å². The van der Waals surface area contributed by atoms with Crippen molar-refractivity contribution in [3.63, 3.8) is 0 Å². The summed E-state index contributed by atoms with van der Waals surface area (Å²) in [6.45, 7) is 4.97. The summed E-state index contributed by atoms with van der Waals surface area (Å²) in [7, 11) is 1.84. The summed E-state index contributed by atoms with van der Waals surface area (Å²) in [5.41, 5.74) is 0.842. The number of hydrogen-bond acceptors (Lipinski definition) is 6. The van der Waals surface area contributed by atoms with Crippen LogP contribution in [-0.2, 0) is 18.3 Å². The van der Waals surface area contributed by atoms with Crippen LogP contribution in [0.2, 0.25) is 0 Å². The molecule has 1 saturated heterocycles. The molecule has 1 unspecified atom stereocenters. The molecule has 2 aromatic rings. The van der Waals surface area contributed by atoms with E-state index in [2.05, 4.69) is 33.6 Å². The van der Waals surface area contributed by atoms with Gasteiger partial charge >= 0.3 is 0 Å². The van der Waals surface area contributed by atoms with Gasteiger partial charge in [-0.25, -0.2) is 4.98 Å². The van der Waals surface area contributed by atoms with Crippen molar-refractivity contribution in [2.24, 2.45) is 13.0 Å². The third-order valence-electron chi connectivity index (χ3n) is 3.57. The van der Waals surface area contributed by atoms with Crippen LogP contribution in [0.5, 0.6) is 0 Å². The van der Waals surface area contributed by atoms with Gasteiger partial charge in [-0.3, -0.25) is 9.48 Å². The Morgan fingerprint density at radius 3 is 3.00 bits per heavy atom. The maximum Gasteiger partial charge on any atom is 0.249 e. The largest absolute Gasteiger partial charge is 0.348 e. The predicted octanol–water partition coefficient (Wildman–Crippen LogP) is 1.69. The summed E-state index contributed by atoms with van der Waals surface area (Å²) in [5.74, 6) is 1.43. The molecule has 22 heavy (non-hydrogen) atoms. The van der Waals surface area contributed by atoms with Gasteiger partial charge in [0, 0.05) is 37.7 Å². The first-order chi connectivity index (χ1) is 10.5. The van der Waals surface area contributed by atoms with Crippen molar-refractivity contribution in [2.45, 2.75) is 32.7 Å². The summed E-state index contributed by atoms with van der Waals surface area (Å²) < 4.78 is 6.03. The molecule has 1 atom stereocenters. The number of carbonyl (C=O) groups is 1. The Balaban J connectivity index is 1.64. The molecule has 0 radical (unpaired) electrons. The van der Waals surface area contributed by atoms with Gasteiger partial charge in [-0.2, -0.15) is 9.47 Å². The normalized spacial score (nSPS) is 18.5. The second-order valence-corrected chi connectivity index (χ2v) is 6.71. The van der Waals surface area contributed by atoms with E-state index in [1.165, 1.54) is 11.5 Å². The van der Waals surface area contributed by atoms with Gasteiger partial charge in [0.2, 0.25) is 11.0 Å². The molecule has 1 N–H and O–H groups in total. The number of aryl methyl sites for hydroxylation is 1. The molecule has 2 aromatic heterocycles. The summed E-state index contributed by atoms with van der Waals surface area (Å²) in [4.78, 5) is 18.7. The van der Waals surface area contributed by atoms with E-state index in [0.717, 1.165) is 29.5 Å². The zero-order valence-electron chi connectivity index (χ0n) is 13.0. The third-order valence-corrected chi connectivity index (χ3v) is 4.25. The van der Waals surface area contributed by atoms with Crippen molar-refractivity contribution in [3.05, 3.63) is 18.2 Å². The minimum absolute atomic E-state index is 0.0635. The highest BCUT2D eigenvalue weighted by Gasteiger charge is 2.33. The molecular formula is C14H20N6OS. The van der Waals surface area contributed by atoms with Crippen molar-refractivity contribution < 1.29 is 4.79 Å². The molecule has 7 nitrogen and oxygen atoms in total. The standard InChI is InChI=1S/C14H20N6OS/c1-9(2)6-12-17-14(22-18-12)16-11-4-5-20(13(11)21)10-7-15-19(3)8-10/h7-9,11H,4-6H2,1-3H3,(H,16,17,18). The quantitative estimate of drug-likeness (QED) is 0.907. The van der Waals surface area contributed by atoms with Crippen LogP contribution in [0.15, 0.2) is 12.4 Å². The van der Waals surface area contributed by atoms with Gasteiger partial charge in [0.1, 0.15) is 11.9 Å². The lowest BCUT2D eigenvalue weighted by molar-refractivity contribution is -0.117. The van der Waals surface area contributed by atoms with E-state index in [-0.39, 0.29) is 11.9 Å². The number of nitrogens with one attached hydrogen (secondary N) is 1. The van der Waals surface area contributed by atoms with Crippen LogP contribution in [0, 0.1) is 5.92 Å². The van der Waals surface area contributed by atoms with Gasteiger partial charge < -0.3 is 10.2 Å². The molecule has 1 amide bonds. The van der Waals surface area contributed by atoms with Crippen LogP contribution >= 0.6 is 11.5 Å². The van der Waals surface area contributed by atoms with Crippen LogP contribution in [0.4, 0.5) is 10.8 Å². The van der Waals surface area contributed by atoms with Crippen molar-refractivity contribution >= 4 is 28.3 Å². The summed E-state index contributed by atoms with van der Waals surface area (Å²) in [6, 6.07) is -0.236. The number of anilines is 2. The van der Waals surface area contributed by atoms with Crippen LogP contribution in [-0.4, -0.2) is 37.6 Å². The van der Waals surface area contributed by atoms with E-state index in [0.29, 0.717) is 12.5 Å². The Hall–Kier alpha value is -1.96. The second kappa shape index (κ2) is 6.04. The molecule has 0 aliphatic carbocycles. The van der Waals surface area contributed by atoms with E-state index in [1.54, 1.807) is 15.8 Å². The number of rotatable bonds is 5. The Bertz CT molecular complexity index is 664. The van der Waals surface area contributed by atoms with Gasteiger partial charge in [0.05, 0.1) is 11.9 Å². The number of amides is 1.